The van der Waals surface area contributed by atoms with E-state index in [1.807, 2.05) is 25.1 Å². The molecule has 0 aliphatic heterocycles. The first-order valence-electron chi connectivity index (χ1n) is 8.22. The van der Waals surface area contributed by atoms with Crippen molar-refractivity contribution in [1.82, 2.24) is 5.32 Å². The average Bonchev–Trinajstić information content (AvgIpc) is 2.39. The van der Waals surface area contributed by atoms with Crippen LogP contribution in [0.5, 0.6) is 0 Å². The third-order valence-corrected chi connectivity index (χ3v) is 5.92. The minimum absolute atomic E-state index is 0. The molecule has 0 saturated heterocycles. The molecular formula is C18H25ClN2O. The molecule has 0 heterocycles. The molecule has 4 aliphatic carbocycles. The number of hydrogen-bond donors (Lipinski definition) is 2. The summed E-state index contributed by atoms with van der Waals surface area (Å²) in [6.07, 6.45) is 7.75. The zero-order valence-corrected chi connectivity index (χ0v) is 13.9. The zero-order valence-electron chi connectivity index (χ0n) is 13.1. The summed E-state index contributed by atoms with van der Waals surface area (Å²) in [7, 11) is 0. The van der Waals surface area contributed by atoms with Gasteiger partial charge in [-0.1, -0.05) is 6.07 Å². The molecule has 0 atom stereocenters. The number of amides is 1. The predicted molar refractivity (Wildman–Crippen MR) is 91.2 cm³/mol. The Labute approximate surface area is 138 Å². The Morgan fingerprint density at radius 3 is 2.23 bits per heavy atom. The average molecular weight is 321 g/mol. The van der Waals surface area contributed by atoms with Crippen molar-refractivity contribution in [2.75, 3.05) is 5.73 Å². The van der Waals surface area contributed by atoms with Gasteiger partial charge in [0.1, 0.15) is 0 Å². The lowest BCUT2D eigenvalue weighted by Gasteiger charge is -2.56. The Morgan fingerprint density at radius 2 is 1.68 bits per heavy atom. The fourth-order valence-electron chi connectivity index (χ4n) is 5.46. The molecule has 120 valence electrons. The van der Waals surface area contributed by atoms with E-state index in [9.17, 15) is 4.79 Å². The summed E-state index contributed by atoms with van der Waals surface area (Å²) in [5.74, 6) is 2.61. The van der Waals surface area contributed by atoms with Crippen LogP contribution < -0.4 is 11.1 Å². The maximum Gasteiger partial charge on any atom is 0.252 e. The lowest BCUT2D eigenvalue weighted by Crippen LogP contribution is -2.59. The molecule has 22 heavy (non-hydrogen) atoms. The Bertz CT molecular complexity index is 563. The number of benzene rings is 1. The van der Waals surface area contributed by atoms with Crippen molar-refractivity contribution in [1.29, 1.82) is 0 Å². The molecule has 3 nitrogen and oxygen atoms in total. The second-order valence-corrected chi connectivity index (χ2v) is 7.73. The Kier molecular flexibility index (Phi) is 3.88. The number of halogens is 1. The van der Waals surface area contributed by atoms with Crippen molar-refractivity contribution in [3.05, 3.63) is 29.3 Å². The third-order valence-electron chi connectivity index (χ3n) is 5.92. The van der Waals surface area contributed by atoms with Gasteiger partial charge in [0.15, 0.2) is 0 Å². The van der Waals surface area contributed by atoms with Crippen molar-refractivity contribution in [2.45, 2.75) is 51.0 Å². The number of nitrogens with one attached hydrogen (secondary N) is 1. The van der Waals surface area contributed by atoms with Crippen LogP contribution in [0.25, 0.3) is 0 Å². The highest BCUT2D eigenvalue weighted by Crippen LogP contribution is 2.55. The number of rotatable bonds is 2. The molecule has 1 aromatic carbocycles. The van der Waals surface area contributed by atoms with E-state index in [2.05, 4.69) is 5.32 Å². The van der Waals surface area contributed by atoms with Crippen molar-refractivity contribution in [3.8, 4) is 0 Å². The highest BCUT2D eigenvalue weighted by atomic mass is 35.5. The standard InChI is InChI=1S/C18H24N2O.ClH/c1-11-2-3-15(19)7-16(11)17(21)20-18-8-12-4-13(9-18)6-14(5-12)10-18;/h2-3,7,12-14H,4-6,8-10,19H2,1H3,(H,20,21);1H. The van der Waals surface area contributed by atoms with Crippen LogP contribution in [0.3, 0.4) is 0 Å². The van der Waals surface area contributed by atoms with Gasteiger partial charge in [0.2, 0.25) is 0 Å². The molecule has 0 spiro atoms. The topological polar surface area (TPSA) is 55.1 Å². The van der Waals surface area contributed by atoms with Crippen LogP contribution in [0, 0.1) is 24.7 Å². The number of hydrogen-bond acceptors (Lipinski definition) is 2. The van der Waals surface area contributed by atoms with Crippen LogP contribution >= 0.6 is 12.4 Å². The summed E-state index contributed by atoms with van der Waals surface area (Å²) in [6, 6.07) is 5.60. The van der Waals surface area contributed by atoms with Gasteiger partial charge in [-0.15, -0.1) is 12.4 Å². The lowest BCUT2D eigenvalue weighted by molar-refractivity contribution is -0.0167. The SMILES string of the molecule is Cc1ccc(N)cc1C(=O)NC12CC3CC(CC(C3)C1)C2.Cl. The van der Waals surface area contributed by atoms with E-state index < -0.39 is 0 Å². The molecule has 4 fully saturated rings. The maximum atomic E-state index is 12.7. The first-order valence-corrected chi connectivity index (χ1v) is 8.22. The van der Waals surface area contributed by atoms with E-state index in [4.69, 9.17) is 5.73 Å². The molecule has 1 amide bonds. The van der Waals surface area contributed by atoms with Crippen LogP contribution in [-0.4, -0.2) is 11.4 Å². The molecule has 0 aromatic heterocycles. The van der Waals surface area contributed by atoms with Crippen LogP contribution in [0.1, 0.15) is 54.4 Å². The van der Waals surface area contributed by atoms with Crippen LogP contribution in [0.2, 0.25) is 0 Å². The van der Waals surface area contributed by atoms with Crippen LogP contribution in [-0.2, 0) is 0 Å². The molecule has 0 radical (unpaired) electrons. The van der Waals surface area contributed by atoms with Gasteiger partial charge in [-0.3, -0.25) is 4.79 Å². The Balaban J connectivity index is 0.00000144. The van der Waals surface area contributed by atoms with Gasteiger partial charge in [-0.25, -0.2) is 0 Å². The molecule has 4 heteroatoms. The number of aryl methyl sites for hydroxylation is 1. The Morgan fingerprint density at radius 1 is 1.14 bits per heavy atom. The van der Waals surface area contributed by atoms with Crippen LogP contribution in [0.4, 0.5) is 5.69 Å². The van der Waals surface area contributed by atoms with E-state index in [-0.39, 0.29) is 23.9 Å². The van der Waals surface area contributed by atoms with Crippen molar-refractivity contribution in [2.24, 2.45) is 17.8 Å². The van der Waals surface area contributed by atoms with Crippen molar-refractivity contribution >= 4 is 24.0 Å². The normalized spacial score (nSPS) is 35.0. The smallest absolute Gasteiger partial charge is 0.252 e. The number of carbonyl (C=O) groups is 1. The summed E-state index contributed by atoms with van der Waals surface area (Å²) >= 11 is 0. The molecule has 3 N–H and O–H groups in total. The summed E-state index contributed by atoms with van der Waals surface area (Å²) in [4.78, 5) is 12.7. The van der Waals surface area contributed by atoms with Gasteiger partial charge in [0.25, 0.3) is 5.91 Å². The third kappa shape index (κ3) is 2.60. The molecule has 4 bridgehead atoms. The first-order chi connectivity index (χ1) is 10.0. The molecule has 0 unspecified atom stereocenters. The van der Waals surface area contributed by atoms with Gasteiger partial charge < -0.3 is 11.1 Å². The summed E-state index contributed by atoms with van der Waals surface area (Å²) in [5, 5.41) is 3.41. The number of carbonyl (C=O) groups excluding carboxylic acids is 1. The lowest BCUT2D eigenvalue weighted by atomic mass is 9.53. The van der Waals surface area contributed by atoms with Crippen LogP contribution in [0.15, 0.2) is 18.2 Å². The molecule has 4 aliphatic rings. The van der Waals surface area contributed by atoms with Gasteiger partial charge in [0, 0.05) is 16.8 Å². The molecule has 1 aromatic rings. The summed E-state index contributed by atoms with van der Waals surface area (Å²) in [6.45, 7) is 1.98. The van der Waals surface area contributed by atoms with E-state index in [0.29, 0.717) is 5.69 Å². The van der Waals surface area contributed by atoms with Gasteiger partial charge in [0.05, 0.1) is 0 Å². The van der Waals surface area contributed by atoms with Crippen molar-refractivity contribution in [3.63, 3.8) is 0 Å². The highest BCUT2D eigenvalue weighted by molar-refractivity contribution is 5.97. The van der Waals surface area contributed by atoms with E-state index in [1.54, 1.807) is 0 Å². The van der Waals surface area contributed by atoms with E-state index in [1.165, 1.54) is 38.5 Å². The number of nitrogen functional groups attached to an aromatic ring is 1. The maximum absolute atomic E-state index is 12.7. The van der Waals surface area contributed by atoms with Gasteiger partial charge in [-0.2, -0.15) is 0 Å². The monoisotopic (exact) mass is 320 g/mol. The number of nitrogens with two attached hydrogens (primary N) is 1. The van der Waals surface area contributed by atoms with Crippen molar-refractivity contribution < 1.29 is 4.79 Å². The Hall–Kier alpha value is -1.22. The fraction of sp³-hybridized carbons (Fsp3) is 0.611. The van der Waals surface area contributed by atoms with E-state index >= 15 is 0 Å². The summed E-state index contributed by atoms with van der Waals surface area (Å²) in [5.41, 5.74) is 8.33. The van der Waals surface area contributed by atoms with Gasteiger partial charge in [-0.05, 0) is 80.9 Å². The highest BCUT2D eigenvalue weighted by Gasteiger charge is 2.51. The summed E-state index contributed by atoms with van der Waals surface area (Å²) < 4.78 is 0. The predicted octanol–water partition coefficient (Wildman–Crippen LogP) is 3.70. The molecule has 5 rings (SSSR count). The second-order valence-electron chi connectivity index (χ2n) is 7.73. The quantitative estimate of drug-likeness (QED) is 0.816. The minimum Gasteiger partial charge on any atom is -0.399 e. The molecular weight excluding hydrogens is 296 g/mol. The second kappa shape index (κ2) is 5.45. The zero-order chi connectivity index (χ0) is 14.6. The first kappa shape index (κ1) is 15.7. The number of anilines is 1. The fourth-order valence-corrected chi connectivity index (χ4v) is 5.46. The van der Waals surface area contributed by atoms with Gasteiger partial charge >= 0.3 is 0 Å². The molecule has 4 saturated carbocycles. The largest absolute Gasteiger partial charge is 0.399 e. The minimum atomic E-state index is 0. The van der Waals surface area contributed by atoms with E-state index in [0.717, 1.165) is 28.9 Å².